The second kappa shape index (κ2) is 8.55. The molecule has 2 amide bonds. The summed E-state index contributed by atoms with van der Waals surface area (Å²) in [4.78, 5) is 29.8. The molecule has 0 radical (unpaired) electrons. The number of rotatable bonds is 4. The fourth-order valence-electron chi connectivity index (χ4n) is 7.59. The highest BCUT2D eigenvalue weighted by atomic mass is 32.2. The van der Waals surface area contributed by atoms with Gasteiger partial charge >= 0.3 is 0 Å². The lowest BCUT2D eigenvalue weighted by Gasteiger charge is -2.59. The number of fused-ring (bicyclic) bond motifs is 1. The summed E-state index contributed by atoms with van der Waals surface area (Å²) in [5.41, 5.74) is 3.90. The van der Waals surface area contributed by atoms with Crippen molar-refractivity contribution in [3.05, 3.63) is 64.1 Å². The van der Waals surface area contributed by atoms with Gasteiger partial charge in [0.1, 0.15) is 0 Å². The molecular weight excluding hydrogens is 452 g/mol. The van der Waals surface area contributed by atoms with Gasteiger partial charge in [0.15, 0.2) is 0 Å². The average molecular weight is 487 g/mol. The minimum absolute atomic E-state index is 0.0250. The predicted octanol–water partition coefficient (Wildman–Crippen LogP) is 6.44. The van der Waals surface area contributed by atoms with Gasteiger partial charge in [-0.3, -0.25) is 9.59 Å². The number of carbonyl (C=O) groups excluding carboxylic acids is 2. The van der Waals surface area contributed by atoms with Gasteiger partial charge < -0.3 is 10.2 Å². The molecule has 4 bridgehead atoms. The normalized spacial score (nSPS) is 30.9. The summed E-state index contributed by atoms with van der Waals surface area (Å²) in [6, 6.07) is 14.1. The van der Waals surface area contributed by atoms with Crippen LogP contribution in [0.1, 0.15) is 66.9 Å². The van der Waals surface area contributed by atoms with E-state index in [0.717, 1.165) is 33.9 Å². The zero-order valence-electron chi connectivity index (χ0n) is 20.8. The van der Waals surface area contributed by atoms with Crippen molar-refractivity contribution in [2.75, 3.05) is 11.9 Å². The zero-order chi connectivity index (χ0) is 24.3. The van der Waals surface area contributed by atoms with Crippen LogP contribution in [-0.4, -0.2) is 24.9 Å². The first kappa shape index (κ1) is 22.9. The summed E-state index contributed by atoms with van der Waals surface area (Å²) in [6.45, 7) is 4.27. The van der Waals surface area contributed by atoms with Crippen LogP contribution in [0.3, 0.4) is 0 Å². The lowest BCUT2D eigenvalue weighted by molar-refractivity contribution is -0.114. The number of thioether (sulfide) groups is 1. The van der Waals surface area contributed by atoms with Crippen molar-refractivity contribution in [2.24, 2.45) is 23.2 Å². The standard InChI is InChI=1S/C30H34N2O2S/c1-18-5-4-6-20(9-18)13-27-29(34)32(3)25-14-24(7-8-26(25)35-27)28(33)31-19(2)30-15-21-10-22(16-30)12-23(11-21)17-30/h4-9,13-14,19,21-23H,10-12,15-17H2,1-3H3,(H,31,33). The molecule has 2 aromatic carbocycles. The van der Waals surface area contributed by atoms with E-state index in [4.69, 9.17) is 0 Å². The van der Waals surface area contributed by atoms with Crippen LogP contribution in [0, 0.1) is 30.1 Å². The van der Waals surface area contributed by atoms with Crippen LogP contribution in [0.25, 0.3) is 6.08 Å². The van der Waals surface area contributed by atoms with Crippen LogP contribution in [0.4, 0.5) is 5.69 Å². The van der Waals surface area contributed by atoms with Crippen molar-refractivity contribution in [1.29, 1.82) is 0 Å². The van der Waals surface area contributed by atoms with Gasteiger partial charge in [0.05, 0.1) is 10.6 Å². The second-order valence-corrected chi connectivity index (χ2v) is 12.6. The number of likely N-dealkylation sites (N-methyl/N-ethyl adjacent to an activating group) is 1. The highest BCUT2D eigenvalue weighted by Gasteiger charge is 2.53. The van der Waals surface area contributed by atoms with Gasteiger partial charge in [0.25, 0.3) is 11.8 Å². The molecule has 5 heteroatoms. The predicted molar refractivity (Wildman–Crippen MR) is 142 cm³/mol. The average Bonchev–Trinajstić information content (AvgIpc) is 2.81. The Kier molecular flexibility index (Phi) is 5.59. The Morgan fingerprint density at radius 2 is 1.77 bits per heavy atom. The Morgan fingerprint density at radius 3 is 2.43 bits per heavy atom. The van der Waals surface area contributed by atoms with Gasteiger partial charge in [0, 0.05) is 23.5 Å². The number of nitrogens with zero attached hydrogens (tertiary/aromatic N) is 1. The molecule has 1 aliphatic heterocycles. The van der Waals surface area contributed by atoms with E-state index in [1.54, 1.807) is 11.9 Å². The summed E-state index contributed by atoms with van der Waals surface area (Å²) in [5, 5.41) is 3.37. The van der Waals surface area contributed by atoms with Crippen LogP contribution in [0.5, 0.6) is 0 Å². The molecule has 1 unspecified atom stereocenters. The SMILES string of the molecule is Cc1cccc(C=C2Sc3ccc(C(=O)NC(C)C45CC6CC(CC(C6)C4)C5)cc3N(C)C2=O)c1. The molecule has 4 nitrogen and oxygen atoms in total. The Balaban J connectivity index is 1.20. The first-order valence-electron chi connectivity index (χ1n) is 13.0. The van der Waals surface area contributed by atoms with E-state index >= 15 is 0 Å². The molecule has 182 valence electrons. The highest BCUT2D eigenvalue weighted by Crippen LogP contribution is 2.61. The monoisotopic (exact) mass is 486 g/mol. The molecule has 4 aliphatic carbocycles. The van der Waals surface area contributed by atoms with E-state index in [1.807, 2.05) is 36.4 Å². The molecular formula is C30H34N2O2S. The lowest BCUT2D eigenvalue weighted by atomic mass is 9.48. The molecule has 5 aliphatic rings. The van der Waals surface area contributed by atoms with Crippen molar-refractivity contribution < 1.29 is 9.59 Å². The largest absolute Gasteiger partial charge is 0.349 e. The third-order valence-corrected chi connectivity index (χ3v) is 10.1. The quantitative estimate of drug-likeness (QED) is 0.506. The second-order valence-electron chi connectivity index (χ2n) is 11.5. The molecule has 4 saturated carbocycles. The number of aryl methyl sites for hydroxylation is 1. The first-order chi connectivity index (χ1) is 16.8. The van der Waals surface area contributed by atoms with Gasteiger partial charge in [-0.2, -0.15) is 0 Å². The van der Waals surface area contributed by atoms with Crippen molar-refractivity contribution in [3.63, 3.8) is 0 Å². The fourth-order valence-corrected chi connectivity index (χ4v) is 8.68. The Bertz CT molecular complexity index is 1200. The fraction of sp³-hybridized carbons (Fsp3) is 0.467. The molecule has 1 atom stereocenters. The van der Waals surface area contributed by atoms with Gasteiger partial charge in [-0.15, -0.1) is 0 Å². The van der Waals surface area contributed by atoms with E-state index in [9.17, 15) is 9.59 Å². The molecule has 1 heterocycles. The van der Waals surface area contributed by atoms with Crippen LogP contribution >= 0.6 is 11.8 Å². The van der Waals surface area contributed by atoms with Crippen LogP contribution in [0.2, 0.25) is 0 Å². The minimum Gasteiger partial charge on any atom is -0.349 e. The molecule has 1 N–H and O–H groups in total. The Hall–Kier alpha value is -2.53. The number of benzene rings is 2. The van der Waals surface area contributed by atoms with Gasteiger partial charge in [-0.05, 0) is 105 Å². The van der Waals surface area contributed by atoms with Crippen LogP contribution in [-0.2, 0) is 4.79 Å². The smallest absolute Gasteiger partial charge is 0.264 e. The number of amides is 2. The summed E-state index contributed by atoms with van der Waals surface area (Å²) in [7, 11) is 1.80. The molecule has 7 rings (SSSR count). The minimum atomic E-state index is -0.0384. The topological polar surface area (TPSA) is 49.4 Å². The number of anilines is 1. The number of hydrogen-bond donors (Lipinski definition) is 1. The van der Waals surface area contributed by atoms with E-state index in [1.165, 1.54) is 55.9 Å². The van der Waals surface area contributed by atoms with Crippen molar-refractivity contribution in [1.82, 2.24) is 5.32 Å². The van der Waals surface area contributed by atoms with Crippen LogP contribution in [0.15, 0.2) is 52.3 Å². The van der Waals surface area contributed by atoms with Crippen LogP contribution < -0.4 is 10.2 Å². The molecule has 4 fully saturated rings. The highest BCUT2D eigenvalue weighted by molar-refractivity contribution is 8.04. The molecule has 0 spiro atoms. The number of carbonyl (C=O) groups is 2. The summed E-state index contributed by atoms with van der Waals surface area (Å²) < 4.78 is 0. The van der Waals surface area contributed by atoms with Crippen molar-refractivity contribution in [2.45, 2.75) is 63.3 Å². The molecule has 35 heavy (non-hydrogen) atoms. The molecule has 0 aromatic heterocycles. The maximum Gasteiger partial charge on any atom is 0.264 e. The van der Waals surface area contributed by atoms with E-state index in [-0.39, 0.29) is 23.3 Å². The summed E-state index contributed by atoms with van der Waals surface area (Å²) in [6.07, 6.45) is 9.99. The molecule has 0 saturated heterocycles. The van der Waals surface area contributed by atoms with E-state index in [0.29, 0.717) is 10.5 Å². The summed E-state index contributed by atoms with van der Waals surface area (Å²) in [5.74, 6) is 2.53. The van der Waals surface area contributed by atoms with Gasteiger partial charge in [-0.1, -0.05) is 41.6 Å². The summed E-state index contributed by atoms with van der Waals surface area (Å²) >= 11 is 1.48. The molecule has 2 aromatic rings. The first-order valence-corrected chi connectivity index (χ1v) is 13.8. The van der Waals surface area contributed by atoms with Gasteiger partial charge in [0.2, 0.25) is 0 Å². The third kappa shape index (κ3) is 4.12. The number of nitrogens with one attached hydrogen (secondary N) is 1. The third-order valence-electron chi connectivity index (χ3n) is 9.01. The van der Waals surface area contributed by atoms with E-state index < -0.39 is 0 Å². The number of hydrogen-bond acceptors (Lipinski definition) is 3. The van der Waals surface area contributed by atoms with Crippen molar-refractivity contribution >= 4 is 35.3 Å². The van der Waals surface area contributed by atoms with Crippen molar-refractivity contribution in [3.8, 4) is 0 Å². The Labute approximate surface area is 212 Å². The van der Waals surface area contributed by atoms with Gasteiger partial charge in [-0.25, -0.2) is 0 Å². The maximum atomic E-state index is 13.3. The lowest BCUT2D eigenvalue weighted by Crippen LogP contribution is -2.55. The van der Waals surface area contributed by atoms with E-state index in [2.05, 4.69) is 31.3 Å². The Morgan fingerprint density at radius 1 is 1.09 bits per heavy atom. The zero-order valence-corrected chi connectivity index (χ0v) is 21.7. The maximum absolute atomic E-state index is 13.3.